The maximum absolute atomic E-state index is 12.6. The van der Waals surface area contributed by atoms with E-state index in [0.717, 1.165) is 16.9 Å². The molecular formula is C16H14N4O2S. The van der Waals surface area contributed by atoms with Crippen molar-refractivity contribution in [3.8, 4) is 12.1 Å². The molecule has 116 valence electrons. The van der Waals surface area contributed by atoms with Crippen LogP contribution in [-0.4, -0.2) is 23.3 Å². The van der Waals surface area contributed by atoms with Crippen LogP contribution in [0.2, 0.25) is 0 Å². The maximum Gasteiger partial charge on any atom is 0.269 e. The van der Waals surface area contributed by atoms with Crippen molar-refractivity contribution >= 4 is 23.0 Å². The number of aromatic nitrogens is 2. The zero-order valence-electron chi connectivity index (χ0n) is 12.5. The number of thiazole rings is 1. The smallest absolute Gasteiger partial charge is 0.269 e. The van der Waals surface area contributed by atoms with Gasteiger partial charge in [-0.15, -0.1) is 11.3 Å². The second kappa shape index (κ2) is 8.04. The molecule has 0 radical (unpaired) electrons. The molecule has 0 bridgehead atoms. The highest BCUT2D eigenvalue weighted by atomic mass is 32.1. The molecule has 0 spiro atoms. The third-order valence-electron chi connectivity index (χ3n) is 3.08. The van der Waals surface area contributed by atoms with Crippen molar-refractivity contribution < 1.29 is 4.74 Å². The van der Waals surface area contributed by atoms with Gasteiger partial charge >= 0.3 is 0 Å². The number of rotatable bonds is 5. The number of pyridine rings is 1. The first-order valence-electron chi connectivity index (χ1n) is 6.86. The van der Waals surface area contributed by atoms with Gasteiger partial charge in [-0.3, -0.25) is 14.3 Å². The van der Waals surface area contributed by atoms with Gasteiger partial charge in [0, 0.05) is 32.7 Å². The van der Waals surface area contributed by atoms with Gasteiger partial charge in [-0.05, 0) is 30.2 Å². The molecule has 0 atom stereocenters. The molecule has 0 saturated carbocycles. The summed E-state index contributed by atoms with van der Waals surface area (Å²) in [4.78, 5) is 16.5. The fourth-order valence-electron chi connectivity index (χ4n) is 2.01. The molecule has 0 aliphatic rings. The summed E-state index contributed by atoms with van der Waals surface area (Å²) in [5.74, 6) is 0. The number of nitriles is 2. The average molecular weight is 326 g/mol. The Bertz CT molecular complexity index is 914. The molecular weight excluding hydrogens is 312 g/mol. The lowest BCUT2D eigenvalue weighted by atomic mass is 10.2. The first-order chi connectivity index (χ1) is 11.2. The Labute approximate surface area is 136 Å². The SMILES string of the molecule is COCCCn1c(=C(C#N)C#N)s/c(=C\c2ccncc2)c1=O. The molecule has 2 aromatic heterocycles. The minimum absolute atomic E-state index is 0.0566. The highest BCUT2D eigenvalue weighted by molar-refractivity contribution is 7.07. The Morgan fingerprint density at radius 3 is 2.70 bits per heavy atom. The van der Waals surface area contributed by atoms with Crippen LogP contribution in [0, 0.1) is 22.7 Å². The molecule has 0 aromatic carbocycles. The van der Waals surface area contributed by atoms with E-state index in [4.69, 9.17) is 15.3 Å². The standard InChI is InChI=1S/C16H14N4O2S/c1-22-8-2-7-20-15(21)14(9-12-3-5-19-6-4-12)23-16(20)13(10-17)11-18/h3-6,9H,2,7-8H2,1H3/b14-9-. The van der Waals surface area contributed by atoms with Crippen molar-refractivity contribution in [1.82, 2.24) is 9.55 Å². The zero-order valence-corrected chi connectivity index (χ0v) is 13.3. The molecule has 6 nitrogen and oxygen atoms in total. The highest BCUT2D eigenvalue weighted by Crippen LogP contribution is 1.97. The Hall–Kier alpha value is -2.74. The van der Waals surface area contributed by atoms with Crippen LogP contribution in [0.15, 0.2) is 29.3 Å². The average Bonchev–Trinajstić information content (AvgIpc) is 2.87. The van der Waals surface area contributed by atoms with Crippen LogP contribution in [0.25, 0.3) is 11.6 Å². The fourth-order valence-corrected chi connectivity index (χ4v) is 3.09. The summed E-state index contributed by atoms with van der Waals surface area (Å²) >= 11 is 1.15. The minimum Gasteiger partial charge on any atom is -0.385 e. The van der Waals surface area contributed by atoms with E-state index in [9.17, 15) is 4.79 Å². The van der Waals surface area contributed by atoms with Crippen LogP contribution in [0.3, 0.4) is 0 Å². The van der Waals surface area contributed by atoms with E-state index >= 15 is 0 Å². The van der Waals surface area contributed by atoms with Gasteiger partial charge in [0.1, 0.15) is 16.8 Å². The first kappa shape index (κ1) is 16.6. The first-order valence-corrected chi connectivity index (χ1v) is 7.67. The molecule has 0 aliphatic heterocycles. The second-order valence-electron chi connectivity index (χ2n) is 4.60. The molecule has 23 heavy (non-hydrogen) atoms. The molecule has 7 heteroatoms. The number of ether oxygens (including phenoxy) is 1. The molecule has 2 aromatic rings. The van der Waals surface area contributed by atoms with Gasteiger partial charge in [0.25, 0.3) is 5.56 Å². The monoisotopic (exact) mass is 326 g/mol. The zero-order chi connectivity index (χ0) is 16.7. The molecule has 0 saturated heterocycles. The number of methoxy groups -OCH3 is 1. The summed E-state index contributed by atoms with van der Waals surface area (Å²) in [6, 6.07) is 7.28. The molecule has 0 aliphatic carbocycles. The van der Waals surface area contributed by atoms with Gasteiger partial charge in [-0.2, -0.15) is 10.5 Å². The van der Waals surface area contributed by atoms with Crippen molar-refractivity contribution in [2.24, 2.45) is 0 Å². The third-order valence-corrected chi connectivity index (χ3v) is 4.21. The third kappa shape index (κ3) is 3.92. The van der Waals surface area contributed by atoms with E-state index in [1.807, 2.05) is 12.1 Å². The quantitative estimate of drug-likeness (QED) is 0.740. The summed E-state index contributed by atoms with van der Waals surface area (Å²) in [5, 5.41) is 18.2. The van der Waals surface area contributed by atoms with Crippen LogP contribution in [-0.2, 0) is 11.3 Å². The van der Waals surface area contributed by atoms with E-state index in [1.165, 1.54) is 4.57 Å². The van der Waals surface area contributed by atoms with Crippen LogP contribution < -0.4 is 14.8 Å². The lowest BCUT2D eigenvalue weighted by Crippen LogP contribution is -2.32. The fraction of sp³-hybridized carbons (Fsp3) is 0.250. The summed E-state index contributed by atoms with van der Waals surface area (Å²) in [7, 11) is 1.59. The Morgan fingerprint density at radius 2 is 2.09 bits per heavy atom. The van der Waals surface area contributed by atoms with E-state index in [0.29, 0.717) is 28.8 Å². The van der Waals surface area contributed by atoms with Gasteiger partial charge < -0.3 is 4.74 Å². The van der Waals surface area contributed by atoms with Gasteiger partial charge in [0.15, 0.2) is 5.57 Å². The number of hydrogen-bond donors (Lipinski definition) is 0. The van der Waals surface area contributed by atoms with Gasteiger partial charge in [-0.25, -0.2) is 0 Å². The van der Waals surface area contributed by atoms with Crippen LogP contribution in [0.1, 0.15) is 12.0 Å². The number of hydrogen-bond acceptors (Lipinski definition) is 6. The molecule has 2 rings (SSSR count). The van der Waals surface area contributed by atoms with Crippen LogP contribution in [0.4, 0.5) is 0 Å². The Kier molecular flexibility index (Phi) is 5.81. The van der Waals surface area contributed by atoms with Crippen molar-refractivity contribution in [3.63, 3.8) is 0 Å². The van der Waals surface area contributed by atoms with E-state index in [-0.39, 0.29) is 11.1 Å². The lowest BCUT2D eigenvalue weighted by Gasteiger charge is -2.01. The molecule has 2 heterocycles. The van der Waals surface area contributed by atoms with E-state index in [1.54, 1.807) is 37.7 Å². The Balaban J connectivity index is 2.65. The van der Waals surface area contributed by atoms with Crippen molar-refractivity contribution in [1.29, 1.82) is 10.5 Å². The van der Waals surface area contributed by atoms with E-state index in [2.05, 4.69) is 4.98 Å². The van der Waals surface area contributed by atoms with Crippen molar-refractivity contribution in [2.45, 2.75) is 13.0 Å². The van der Waals surface area contributed by atoms with Crippen molar-refractivity contribution in [3.05, 3.63) is 49.6 Å². The molecule has 0 amide bonds. The van der Waals surface area contributed by atoms with Crippen LogP contribution >= 0.6 is 11.3 Å². The van der Waals surface area contributed by atoms with Crippen molar-refractivity contribution in [2.75, 3.05) is 13.7 Å². The topological polar surface area (TPSA) is 91.7 Å². The second-order valence-corrected chi connectivity index (χ2v) is 5.63. The van der Waals surface area contributed by atoms with E-state index < -0.39 is 0 Å². The van der Waals surface area contributed by atoms with Gasteiger partial charge in [0.2, 0.25) is 0 Å². The lowest BCUT2D eigenvalue weighted by molar-refractivity contribution is 0.190. The minimum atomic E-state index is -0.207. The summed E-state index contributed by atoms with van der Waals surface area (Å²) in [5.41, 5.74) is 0.573. The van der Waals surface area contributed by atoms with Gasteiger partial charge in [0.05, 0.1) is 4.53 Å². The molecule has 0 N–H and O–H groups in total. The summed E-state index contributed by atoms with van der Waals surface area (Å²) in [6.07, 6.45) is 5.63. The van der Waals surface area contributed by atoms with Gasteiger partial charge in [-0.1, -0.05) is 0 Å². The normalized spacial score (nSPS) is 11.0. The predicted molar refractivity (Wildman–Crippen MR) is 86.8 cm³/mol. The Morgan fingerprint density at radius 1 is 1.39 bits per heavy atom. The summed E-state index contributed by atoms with van der Waals surface area (Å²) < 4.78 is 7.33. The molecule has 0 fully saturated rings. The largest absolute Gasteiger partial charge is 0.385 e. The predicted octanol–water partition coefficient (Wildman–Crippen LogP) is 0.368. The van der Waals surface area contributed by atoms with Crippen LogP contribution in [0.5, 0.6) is 0 Å². The number of nitrogens with zero attached hydrogens (tertiary/aromatic N) is 4. The molecule has 0 unspecified atom stereocenters. The maximum atomic E-state index is 12.6. The summed E-state index contributed by atoms with van der Waals surface area (Å²) in [6.45, 7) is 0.898. The highest BCUT2D eigenvalue weighted by Gasteiger charge is 2.09.